The molecule has 4 rings (SSSR count). The molecule has 1 saturated heterocycles. The van der Waals surface area contributed by atoms with Crippen LogP contribution in [-0.4, -0.2) is 41.8 Å². The van der Waals surface area contributed by atoms with Crippen LogP contribution in [-0.2, 0) is 4.79 Å². The first-order chi connectivity index (χ1) is 15.0. The summed E-state index contributed by atoms with van der Waals surface area (Å²) in [7, 11) is 1.52. The van der Waals surface area contributed by atoms with Crippen LogP contribution in [0.5, 0.6) is 5.88 Å². The average molecular weight is 416 g/mol. The van der Waals surface area contributed by atoms with E-state index in [9.17, 15) is 4.79 Å². The van der Waals surface area contributed by atoms with Gasteiger partial charge in [-0.2, -0.15) is 0 Å². The number of carbonyl (C=O) groups excluding carboxylic acids is 1. The Labute approximate surface area is 180 Å². The number of anilines is 3. The van der Waals surface area contributed by atoms with Crippen LogP contribution >= 0.6 is 0 Å². The molecule has 0 spiro atoms. The van der Waals surface area contributed by atoms with Crippen molar-refractivity contribution in [1.29, 1.82) is 5.41 Å². The highest BCUT2D eigenvalue weighted by Gasteiger charge is 2.17. The summed E-state index contributed by atoms with van der Waals surface area (Å²) >= 11 is 0. The second-order valence-electron chi connectivity index (χ2n) is 7.35. The molecule has 0 atom stereocenters. The van der Waals surface area contributed by atoms with Gasteiger partial charge >= 0.3 is 0 Å². The molecule has 1 aliphatic heterocycles. The van der Waals surface area contributed by atoms with E-state index in [2.05, 4.69) is 26.3 Å². The number of nitrogens with one attached hydrogen (secondary N) is 2. The number of hydrogen-bond acceptors (Lipinski definition) is 7. The largest absolute Gasteiger partial charge is 0.481 e. The first-order valence-electron chi connectivity index (χ1n) is 10.1. The second-order valence-corrected chi connectivity index (χ2v) is 7.35. The van der Waals surface area contributed by atoms with Crippen molar-refractivity contribution in [2.45, 2.75) is 12.8 Å². The molecule has 3 aromatic rings. The number of rotatable bonds is 6. The topological polar surface area (TPSA) is 117 Å². The molecule has 0 unspecified atom stereocenters. The lowest BCUT2D eigenvalue weighted by atomic mass is 9.99. The van der Waals surface area contributed by atoms with E-state index in [0.717, 1.165) is 29.9 Å². The molecule has 0 bridgehead atoms. The molecule has 1 amide bonds. The van der Waals surface area contributed by atoms with Crippen LogP contribution in [0.15, 0.2) is 55.0 Å². The molecule has 0 saturated carbocycles. The Hall–Kier alpha value is -3.94. The third-order valence-corrected chi connectivity index (χ3v) is 5.28. The molecule has 0 aliphatic carbocycles. The number of benzene rings is 1. The van der Waals surface area contributed by atoms with Gasteiger partial charge in [0, 0.05) is 42.2 Å². The standard InChI is InChI=1S/C23H24N6O2/c1-31-21-7-5-17(13-27-21)28-23(30)22(25)19-11-15(4-6-20(19)24)16-10-18(14-26-12-16)29-8-2-3-9-29/h4-7,10-14,25H,2-3,8-9,24H2,1H3,(H,28,30). The highest BCUT2D eigenvalue weighted by atomic mass is 16.5. The maximum Gasteiger partial charge on any atom is 0.274 e. The van der Waals surface area contributed by atoms with Gasteiger partial charge in [0.15, 0.2) is 0 Å². The highest BCUT2D eigenvalue weighted by molar-refractivity contribution is 6.48. The molecule has 8 nitrogen and oxygen atoms in total. The van der Waals surface area contributed by atoms with E-state index >= 15 is 0 Å². The predicted octanol–water partition coefficient (Wildman–Crippen LogP) is 3.34. The number of nitrogen functional groups attached to an aromatic ring is 1. The zero-order valence-corrected chi connectivity index (χ0v) is 17.3. The van der Waals surface area contributed by atoms with Gasteiger partial charge in [0.2, 0.25) is 5.88 Å². The average Bonchev–Trinajstić information content (AvgIpc) is 3.35. The maximum atomic E-state index is 12.6. The number of pyridine rings is 2. The molecule has 4 N–H and O–H groups in total. The van der Waals surface area contributed by atoms with E-state index in [0.29, 0.717) is 22.8 Å². The number of hydrogen-bond donors (Lipinski definition) is 3. The van der Waals surface area contributed by atoms with Crippen molar-refractivity contribution in [3.8, 4) is 17.0 Å². The molecule has 1 aliphatic rings. The minimum Gasteiger partial charge on any atom is -0.481 e. The van der Waals surface area contributed by atoms with Gasteiger partial charge in [-0.25, -0.2) is 4.98 Å². The van der Waals surface area contributed by atoms with Crippen LogP contribution in [0.4, 0.5) is 17.1 Å². The number of carbonyl (C=O) groups is 1. The lowest BCUT2D eigenvalue weighted by molar-refractivity contribution is -0.110. The molecular weight excluding hydrogens is 392 g/mol. The Morgan fingerprint density at radius 1 is 1.10 bits per heavy atom. The third kappa shape index (κ3) is 4.48. The first-order valence-corrected chi connectivity index (χ1v) is 10.1. The Kier molecular flexibility index (Phi) is 5.79. The van der Waals surface area contributed by atoms with Gasteiger partial charge in [-0.1, -0.05) is 6.07 Å². The Morgan fingerprint density at radius 2 is 1.90 bits per heavy atom. The van der Waals surface area contributed by atoms with Crippen LogP contribution in [0.3, 0.4) is 0 Å². The molecule has 3 heterocycles. The molecule has 158 valence electrons. The van der Waals surface area contributed by atoms with Crippen LogP contribution in [0, 0.1) is 5.41 Å². The van der Waals surface area contributed by atoms with Crippen molar-refractivity contribution in [2.24, 2.45) is 0 Å². The zero-order valence-electron chi connectivity index (χ0n) is 17.3. The molecule has 31 heavy (non-hydrogen) atoms. The quantitative estimate of drug-likeness (QED) is 0.419. The van der Waals surface area contributed by atoms with Crippen molar-refractivity contribution >= 4 is 28.7 Å². The summed E-state index contributed by atoms with van der Waals surface area (Å²) in [5, 5.41) is 11.0. The Balaban J connectivity index is 1.56. The lowest BCUT2D eigenvalue weighted by Gasteiger charge is -2.18. The molecule has 1 aromatic carbocycles. The fraction of sp³-hybridized carbons (Fsp3) is 0.217. The number of amides is 1. The fourth-order valence-corrected chi connectivity index (χ4v) is 3.58. The molecule has 0 radical (unpaired) electrons. The molecule has 2 aromatic heterocycles. The number of methoxy groups -OCH3 is 1. The second kappa shape index (κ2) is 8.83. The van der Waals surface area contributed by atoms with Gasteiger partial charge in [0.1, 0.15) is 5.71 Å². The third-order valence-electron chi connectivity index (χ3n) is 5.28. The summed E-state index contributed by atoms with van der Waals surface area (Å²) in [6, 6.07) is 10.7. The van der Waals surface area contributed by atoms with Crippen molar-refractivity contribution in [2.75, 3.05) is 36.1 Å². The number of nitrogens with zero attached hydrogens (tertiary/aromatic N) is 3. The van der Waals surface area contributed by atoms with E-state index in [1.165, 1.54) is 26.1 Å². The van der Waals surface area contributed by atoms with E-state index in [1.807, 2.05) is 12.3 Å². The Bertz CT molecular complexity index is 1110. The molecule has 8 heteroatoms. The van der Waals surface area contributed by atoms with Crippen molar-refractivity contribution in [3.63, 3.8) is 0 Å². The highest BCUT2D eigenvalue weighted by Crippen LogP contribution is 2.28. The summed E-state index contributed by atoms with van der Waals surface area (Å²) in [5.41, 5.74) is 9.90. The summed E-state index contributed by atoms with van der Waals surface area (Å²) in [5.74, 6) is -0.130. The zero-order chi connectivity index (χ0) is 21.8. The van der Waals surface area contributed by atoms with Gasteiger partial charge in [-0.3, -0.25) is 15.2 Å². The monoisotopic (exact) mass is 416 g/mol. The minimum atomic E-state index is -0.570. The van der Waals surface area contributed by atoms with E-state index in [-0.39, 0.29) is 5.71 Å². The van der Waals surface area contributed by atoms with Crippen molar-refractivity contribution in [3.05, 3.63) is 60.6 Å². The van der Waals surface area contributed by atoms with Crippen LogP contribution in [0.2, 0.25) is 0 Å². The summed E-state index contributed by atoms with van der Waals surface area (Å²) in [4.78, 5) is 23.4. The van der Waals surface area contributed by atoms with Gasteiger partial charge in [-0.15, -0.1) is 0 Å². The van der Waals surface area contributed by atoms with E-state index in [4.69, 9.17) is 15.9 Å². The molecular formula is C23H24N6O2. The van der Waals surface area contributed by atoms with Crippen LogP contribution in [0.1, 0.15) is 18.4 Å². The number of ether oxygens (including phenoxy) is 1. The predicted molar refractivity (Wildman–Crippen MR) is 122 cm³/mol. The number of aromatic nitrogens is 2. The maximum absolute atomic E-state index is 12.6. The van der Waals surface area contributed by atoms with E-state index < -0.39 is 5.91 Å². The summed E-state index contributed by atoms with van der Waals surface area (Å²) in [6.07, 6.45) is 7.49. The van der Waals surface area contributed by atoms with Gasteiger partial charge < -0.3 is 20.7 Å². The van der Waals surface area contributed by atoms with Crippen LogP contribution in [0.25, 0.3) is 11.1 Å². The Morgan fingerprint density at radius 3 is 2.61 bits per heavy atom. The SMILES string of the molecule is COc1ccc(NC(=O)C(=N)c2cc(-c3cncc(N4CCCC4)c3)ccc2N)cn1. The first kappa shape index (κ1) is 20.3. The summed E-state index contributed by atoms with van der Waals surface area (Å²) < 4.78 is 5.01. The van der Waals surface area contributed by atoms with Crippen molar-refractivity contribution in [1.82, 2.24) is 9.97 Å². The minimum absolute atomic E-state index is 0.223. The smallest absolute Gasteiger partial charge is 0.274 e. The van der Waals surface area contributed by atoms with Gasteiger partial charge in [0.05, 0.1) is 30.9 Å². The van der Waals surface area contributed by atoms with Crippen LogP contribution < -0.4 is 20.7 Å². The lowest BCUT2D eigenvalue weighted by Crippen LogP contribution is -2.24. The van der Waals surface area contributed by atoms with Gasteiger partial charge in [-0.05, 0) is 42.7 Å². The molecule has 1 fully saturated rings. The fourth-order valence-electron chi connectivity index (χ4n) is 3.58. The van der Waals surface area contributed by atoms with Crippen molar-refractivity contribution < 1.29 is 9.53 Å². The normalized spacial score (nSPS) is 13.1. The summed E-state index contributed by atoms with van der Waals surface area (Å²) in [6.45, 7) is 2.06. The van der Waals surface area contributed by atoms with E-state index in [1.54, 1.807) is 30.5 Å². The number of nitrogens with two attached hydrogens (primary N) is 1. The van der Waals surface area contributed by atoms with Gasteiger partial charge in [0.25, 0.3) is 5.91 Å².